The Hall–Kier alpha value is -1.90. The molecule has 1 heterocycles. The summed E-state index contributed by atoms with van der Waals surface area (Å²) in [7, 11) is 0. The third kappa shape index (κ3) is 2.67. The highest BCUT2D eigenvalue weighted by molar-refractivity contribution is 5.97. The van der Waals surface area contributed by atoms with E-state index in [1.165, 1.54) is 0 Å². The number of aldehydes is 1. The predicted molar refractivity (Wildman–Crippen MR) is 72.2 cm³/mol. The van der Waals surface area contributed by atoms with Crippen LogP contribution in [0.2, 0.25) is 0 Å². The number of aromatic nitrogens is 1. The zero-order valence-corrected chi connectivity index (χ0v) is 11.2. The van der Waals surface area contributed by atoms with E-state index in [-0.39, 0.29) is 5.60 Å². The lowest BCUT2D eigenvalue weighted by atomic mass is 10.1. The fourth-order valence-corrected chi connectivity index (χ4v) is 1.88. The predicted octanol–water partition coefficient (Wildman–Crippen LogP) is 3.53. The Morgan fingerprint density at radius 2 is 1.94 bits per heavy atom. The summed E-state index contributed by atoms with van der Waals surface area (Å²) in [6.45, 7) is 7.85. The van der Waals surface area contributed by atoms with E-state index in [4.69, 9.17) is 4.74 Å². The summed E-state index contributed by atoms with van der Waals surface area (Å²) in [5, 5.41) is 0.831. The highest BCUT2D eigenvalue weighted by Crippen LogP contribution is 2.25. The number of nitrogens with zero attached hydrogens (tertiary/aromatic N) is 1. The molecule has 0 saturated carbocycles. The number of aryl methyl sites for hydroxylation is 1. The molecule has 0 spiro atoms. The largest absolute Gasteiger partial charge is 0.488 e. The molecule has 3 heteroatoms. The lowest BCUT2D eigenvalue weighted by Gasteiger charge is -2.21. The van der Waals surface area contributed by atoms with E-state index in [1.54, 1.807) is 6.07 Å². The number of fused-ring (bicyclic) bond motifs is 1. The molecule has 3 nitrogen and oxygen atoms in total. The van der Waals surface area contributed by atoms with Gasteiger partial charge in [0.2, 0.25) is 0 Å². The summed E-state index contributed by atoms with van der Waals surface area (Å²) in [4.78, 5) is 15.5. The summed E-state index contributed by atoms with van der Waals surface area (Å²) >= 11 is 0. The van der Waals surface area contributed by atoms with E-state index in [9.17, 15) is 4.79 Å². The van der Waals surface area contributed by atoms with Crippen molar-refractivity contribution in [3.05, 3.63) is 35.5 Å². The van der Waals surface area contributed by atoms with Crippen LogP contribution in [0.4, 0.5) is 0 Å². The van der Waals surface area contributed by atoms with Gasteiger partial charge in [0.25, 0.3) is 0 Å². The van der Waals surface area contributed by atoms with Gasteiger partial charge in [0.1, 0.15) is 11.4 Å². The maximum Gasteiger partial charge on any atom is 0.150 e. The molecule has 0 unspecified atom stereocenters. The molecule has 18 heavy (non-hydrogen) atoms. The zero-order valence-electron chi connectivity index (χ0n) is 11.2. The van der Waals surface area contributed by atoms with Crippen LogP contribution in [0.3, 0.4) is 0 Å². The standard InChI is InChI=1S/C15H17NO2/c1-10-7-11(9-17)13-8-12(18-15(2,3)4)5-6-14(13)16-10/h5-9H,1-4H3. The summed E-state index contributed by atoms with van der Waals surface area (Å²) in [5.41, 5.74) is 2.05. The minimum Gasteiger partial charge on any atom is -0.488 e. The van der Waals surface area contributed by atoms with Gasteiger partial charge in [0.05, 0.1) is 5.52 Å². The topological polar surface area (TPSA) is 39.2 Å². The molecule has 0 radical (unpaired) electrons. The van der Waals surface area contributed by atoms with Gasteiger partial charge in [-0.1, -0.05) is 0 Å². The van der Waals surface area contributed by atoms with Crippen LogP contribution in [-0.4, -0.2) is 16.9 Å². The Morgan fingerprint density at radius 1 is 1.22 bits per heavy atom. The third-order valence-corrected chi connectivity index (χ3v) is 2.49. The van der Waals surface area contributed by atoms with Gasteiger partial charge in [-0.05, 0) is 52.0 Å². The molecule has 0 bridgehead atoms. The second-order valence-corrected chi connectivity index (χ2v) is 5.36. The van der Waals surface area contributed by atoms with Gasteiger partial charge in [0.15, 0.2) is 6.29 Å². The van der Waals surface area contributed by atoms with Crippen molar-refractivity contribution in [3.8, 4) is 5.75 Å². The van der Waals surface area contributed by atoms with Crippen LogP contribution in [0, 0.1) is 6.92 Å². The van der Waals surface area contributed by atoms with E-state index in [2.05, 4.69) is 4.98 Å². The van der Waals surface area contributed by atoms with Crippen molar-refractivity contribution >= 4 is 17.2 Å². The Labute approximate surface area is 107 Å². The van der Waals surface area contributed by atoms with Crippen molar-refractivity contribution in [1.29, 1.82) is 0 Å². The average molecular weight is 243 g/mol. The molecular weight excluding hydrogens is 226 g/mol. The molecule has 0 N–H and O–H groups in total. The lowest BCUT2D eigenvalue weighted by molar-refractivity contribution is 0.112. The molecular formula is C15H17NO2. The number of benzene rings is 1. The zero-order chi connectivity index (χ0) is 13.3. The van der Waals surface area contributed by atoms with E-state index >= 15 is 0 Å². The molecule has 1 aromatic carbocycles. The third-order valence-electron chi connectivity index (χ3n) is 2.49. The smallest absolute Gasteiger partial charge is 0.150 e. The van der Waals surface area contributed by atoms with E-state index in [1.807, 2.05) is 45.9 Å². The molecule has 0 saturated heterocycles. The van der Waals surface area contributed by atoms with Crippen molar-refractivity contribution in [3.63, 3.8) is 0 Å². The number of carbonyl (C=O) groups is 1. The highest BCUT2D eigenvalue weighted by atomic mass is 16.5. The first kappa shape index (κ1) is 12.6. The second kappa shape index (κ2) is 4.41. The van der Waals surface area contributed by atoms with Gasteiger partial charge in [-0.3, -0.25) is 9.78 Å². The van der Waals surface area contributed by atoms with Crippen molar-refractivity contribution in [2.24, 2.45) is 0 Å². The first-order valence-corrected chi connectivity index (χ1v) is 5.95. The van der Waals surface area contributed by atoms with Gasteiger partial charge in [0, 0.05) is 16.6 Å². The SMILES string of the molecule is Cc1cc(C=O)c2cc(OC(C)(C)C)ccc2n1. The van der Waals surface area contributed by atoms with Gasteiger partial charge in [-0.2, -0.15) is 0 Å². The van der Waals surface area contributed by atoms with Crippen molar-refractivity contribution in [2.45, 2.75) is 33.3 Å². The maximum absolute atomic E-state index is 11.1. The van der Waals surface area contributed by atoms with E-state index < -0.39 is 0 Å². The minimum atomic E-state index is -0.257. The van der Waals surface area contributed by atoms with Crippen molar-refractivity contribution in [2.75, 3.05) is 0 Å². The first-order chi connectivity index (χ1) is 8.39. The summed E-state index contributed by atoms with van der Waals surface area (Å²) in [6.07, 6.45) is 0.859. The number of hydrogen-bond donors (Lipinski definition) is 0. The molecule has 0 amide bonds. The van der Waals surface area contributed by atoms with Crippen molar-refractivity contribution in [1.82, 2.24) is 4.98 Å². The molecule has 94 valence electrons. The van der Waals surface area contributed by atoms with Crippen LogP contribution in [0.1, 0.15) is 36.8 Å². The number of carbonyl (C=O) groups excluding carboxylic acids is 1. The Bertz CT molecular complexity index is 597. The lowest BCUT2D eigenvalue weighted by Crippen LogP contribution is -2.22. The Morgan fingerprint density at radius 3 is 2.56 bits per heavy atom. The summed E-state index contributed by atoms with van der Waals surface area (Å²) in [6, 6.07) is 7.43. The minimum absolute atomic E-state index is 0.257. The Kier molecular flexibility index (Phi) is 3.07. The monoisotopic (exact) mass is 243 g/mol. The van der Waals surface area contributed by atoms with Crippen LogP contribution in [0.25, 0.3) is 10.9 Å². The summed E-state index contributed by atoms with van der Waals surface area (Å²) < 4.78 is 5.80. The average Bonchev–Trinajstić information content (AvgIpc) is 2.26. The second-order valence-electron chi connectivity index (χ2n) is 5.36. The van der Waals surface area contributed by atoms with E-state index in [0.717, 1.165) is 28.6 Å². The quantitative estimate of drug-likeness (QED) is 0.757. The number of rotatable bonds is 2. The van der Waals surface area contributed by atoms with Crippen LogP contribution in [0.15, 0.2) is 24.3 Å². The number of pyridine rings is 1. The number of hydrogen-bond acceptors (Lipinski definition) is 3. The molecule has 0 aliphatic carbocycles. The maximum atomic E-state index is 11.1. The fourth-order valence-electron chi connectivity index (χ4n) is 1.88. The van der Waals surface area contributed by atoms with Gasteiger partial charge in [-0.15, -0.1) is 0 Å². The van der Waals surface area contributed by atoms with Crippen LogP contribution >= 0.6 is 0 Å². The summed E-state index contributed by atoms with van der Waals surface area (Å²) in [5.74, 6) is 0.753. The van der Waals surface area contributed by atoms with Crippen LogP contribution in [-0.2, 0) is 0 Å². The molecule has 0 fully saturated rings. The van der Waals surface area contributed by atoms with Gasteiger partial charge < -0.3 is 4.74 Å². The molecule has 0 atom stereocenters. The van der Waals surface area contributed by atoms with Gasteiger partial charge in [-0.25, -0.2) is 0 Å². The molecule has 0 aliphatic heterocycles. The van der Waals surface area contributed by atoms with E-state index in [0.29, 0.717) is 5.56 Å². The molecule has 2 rings (SSSR count). The van der Waals surface area contributed by atoms with Gasteiger partial charge >= 0.3 is 0 Å². The highest BCUT2D eigenvalue weighted by Gasteiger charge is 2.13. The van der Waals surface area contributed by atoms with Crippen molar-refractivity contribution < 1.29 is 9.53 Å². The fraction of sp³-hybridized carbons (Fsp3) is 0.333. The first-order valence-electron chi connectivity index (χ1n) is 5.95. The Balaban J connectivity index is 2.56. The number of ether oxygens (including phenoxy) is 1. The normalized spacial score (nSPS) is 11.6. The van der Waals surface area contributed by atoms with Crippen LogP contribution in [0.5, 0.6) is 5.75 Å². The van der Waals surface area contributed by atoms with Crippen LogP contribution < -0.4 is 4.74 Å². The molecule has 1 aromatic heterocycles. The molecule has 0 aliphatic rings. The molecule has 2 aromatic rings.